The van der Waals surface area contributed by atoms with Crippen molar-refractivity contribution in [2.24, 2.45) is 0 Å². The SMILES string of the molecule is Cc1ccc(CNc2ncc(C(=O)O)s2)cc1. The van der Waals surface area contributed by atoms with Gasteiger partial charge in [-0.3, -0.25) is 0 Å². The molecule has 0 amide bonds. The maximum atomic E-state index is 10.7. The number of anilines is 1. The molecular formula is C12H12N2O2S. The van der Waals surface area contributed by atoms with Crippen molar-refractivity contribution in [2.75, 3.05) is 5.32 Å². The van der Waals surface area contributed by atoms with E-state index in [-0.39, 0.29) is 4.88 Å². The summed E-state index contributed by atoms with van der Waals surface area (Å²) in [5.74, 6) is -0.939. The normalized spacial score (nSPS) is 10.2. The Morgan fingerprint density at radius 3 is 2.71 bits per heavy atom. The first kappa shape index (κ1) is 11.6. The van der Waals surface area contributed by atoms with E-state index in [2.05, 4.69) is 10.3 Å². The third-order valence-electron chi connectivity index (χ3n) is 2.28. The molecular weight excluding hydrogens is 236 g/mol. The van der Waals surface area contributed by atoms with Crippen LogP contribution >= 0.6 is 11.3 Å². The number of hydrogen-bond donors (Lipinski definition) is 2. The molecule has 0 saturated heterocycles. The zero-order valence-corrected chi connectivity index (χ0v) is 10.1. The number of carboxylic acids is 1. The van der Waals surface area contributed by atoms with E-state index in [1.54, 1.807) is 0 Å². The van der Waals surface area contributed by atoms with Crippen LogP contribution in [0, 0.1) is 6.92 Å². The van der Waals surface area contributed by atoms with E-state index in [4.69, 9.17) is 5.11 Å². The molecule has 5 heteroatoms. The summed E-state index contributed by atoms with van der Waals surface area (Å²) in [5.41, 5.74) is 2.36. The van der Waals surface area contributed by atoms with Gasteiger partial charge in [0.15, 0.2) is 5.13 Å². The van der Waals surface area contributed by atoms with Crippen molar-refractivity contribution < 1.29 is 9.90 Å². The second kappa shape index (κ2) is 4.97. The van der Waals surface area contributed by atoms with Crippen molar-refractivity contribution in [3.63, 3.8) is 0 Å². The van der Waals surface area contributed by atoms with Crippen molar-refractivity contribution >= 4 is 22.4 Å². The highest BCUT2D eigenvalue weighted by atomic mass is 32.1. The molecule has 0 aliphatic rings. The molecule has 2 aromatic rings. The first-order valence-corrected chi connectivity index (χ1v) is 5.95. The van der Waals surface area contributed by atoms with Crippen molar-refractivity contribution in [3.8, 4) is 0 Å². The lowest BCUT2D eigenvalue weighted by Crippen LogP contribution is -1.98. The Balaban J connectivity index is 1.97. The van der Waals surface area contributed by atoms with E-state index in [0.29, 0.717) is 11.7 Å². The fourth-order valence-corrected chi connectivity index (χ4v) is 1.99. The predicted molar refractivity (Wildman–Crippen MR) is 67.6 cm³/mol. The van der Waals surface area contributed by atoms with E-state index in [1.165, 1.54) is 11.8 Å². The van der Waals surface area contributed by atoms with Crippen LogP contribution in [0.25, 0.3) is 0 Å². The van der Waals surface area contributed by atoms with Gasteiger partial charge < -0.3 is 10.4 Å². The molecule has 0 aliphatic heterocycles. The minimum absolute atomic E-state index is 0.247. The lowest BCUT2D eigenvalue weighted by Gasteiger charge is -2.02. The van der Waals surface area contributed by atoms with Crippen LogP contribution < -0.4 is 5.32 Å². The zero-order valence-electron chi connectivity index (χ0n) is 9.30. The van der Waals surface area contributed by atoms with Crippen LogP contribution in [0.2, 0.25) is 0 Å². The number of thiazole rings is 1. The molecule has 4 nitrogen and oxygen atoms in total. The van der Waals surface area contributed by atoms with Gasteiger partial charge in [0.25, 0.3) is 0 Å². The maximum Gasteiger partial charge on any atom is 0.347 e. The Labute approximate surface area is 103 Å². The number of rotatable bonds is 4. The molecule has 2 rings (SSSR count). The van der Waals surface area contributed by atoms with Gasteiger partial charge in [0.2, 0.25) is 0 Å². The van der Waals surface area contributed by atoms with E-state index in [1.807, 2.05) is 31.2 Å². The van der Waals surface area contributed by atoms with E-state index < -0.39 is 5.97 Å². The third kappa shape index (κ3) is 3.04. The molecule has 0 unspecified atom stereocenters. The fourth-order valence-electron chi connectivity index (χ4n) is 1.34. The summed E-state index contributed by atoms with van der Waals surface area (Å²) >= 11 is 1.14. The number of aromatic carboxylic acids is 1. The summed E-state index contributed by atoms with van der Waals surface area (Å²) in [6.07, 6.45) is 1.37. The van der Waals surface area contributed by atoms with E-state index in [0.717, 1.165) is 16.9 Å². The van der Waals surface area contributed by atoms with Crippen molar-refractivity contribution in [2.45, 2.75) is 13.5 Å². The minimum atomic E-state index is -0.939. The number of carboxylic acid groups (broad SMARTS) is 1. The molecule has 1 heterocycles. The van der Waals surface area contributed by atoms with Gasteiger partial charge >= 0.3 is 5.97 Å². The van der Waals surface area contributed by atoms with Gasteiger partial charge in [0.1, 0.15) is 4.88 Å². The topological polar surface area (TPSA) is 62.2 Å². The van der Waals surface area contributed by atoms with Gasteiger partial charge in [0, 0.05) is 6.54 Å². The summed E-state index contributed by atoms with van der Waals surface area (Å²) < 4.78 is 0. The van der Waals surface area contributed by atoms with Crippen LogP contribution in [0.4, 0.5) is 5.13 Å². The molecule has 0 spiro atoms. The minimum Gasteiger partial charge on any atom is -0.477 e. The summed E-state index contributed by atoms with van der Waals surface area (Å²) in [7, 11) is 0. The van der Waals surface area contributed by atoms with Crippen molar-refractivity contribution in [3.05, 3.63) is 46.5 Å². The molecule has 0 bridgehead atoms. The number of aromatic nitrogens is 1. The van der Waals surface area contributed by atoms with Gasteiger partial charge in [-0.15, -0.1) is 0 Å². The van der Waals surface area contributed by atoms with Crippen LogP contribution in [-0.2, 0) is 6.54 Å². The highest BCUT2D eigenvalue weighted by molar-refractivity contribution is 7.17. The highest BCUT2D eigenvalue weighted by Gasteiger charge is 2.07. The third-order valence-corrected chi connectivity index (χ3v) is 3.22. The average Bonchev–Trinajstić information content (AvgIpc) is 2.77. The average molecular weight is 248 g/mol. The van der Waals surface area contributed by atoms with E-state index in [9.17, 15) is 4.79 Å². The zero-order chi connectivity index (χ0) is 12.3. The molecule has 0 saturated carbocycles. The molecule has 0 atom stereocenters. The number of nitrogens with zero attached hydrogens (tertiary/aromatic N) is 1. The highest BCUT2D eigenvalue weighted by Crippen LogP contribution is 2.18. The summed E-state index contributed by atoms with van der Waals surface area (Å²) in [5, 5.41) is 12.5. The standard InChI is InChI=1S/C12H12N2O2S/c1-8-2-4-9(5-3-8)6-13-12-14-7-10(17-12)11(15)16/h2-5,7H,6H2,1H3,(H,13,14)(H,15,16). The maximum absolute atomic E-state index is 10.7. The smallest absolute Gasteiger partial charge is 0.347 e. The Bertz CT molecular complexity index is 520. The fraction of sp³-hybridized carbons (Fsp3) is 0.167. The van der Waals surface area contributed by atoms with Crippen LogP contribution in [0.1, 0.15) is 20.8 Å². The Kier molecular flexibility index (Phi) is 3.39. The summed E-state index contributed by atoms with van der Waals surface area (Å²) in [6, 6.07) is 8.16. The van der Waals surface area contributed by atoms with Crippen LogP contribution in [0.5, 0.6) is 0 Å². The van der Waals surface area contributed by atoms with E-state index >= 15 is 0 Å². The summed E-state index contributed by atoms with van der Waals surface area (Å²) in [6.45, 7) is 2.68. The Morgan fingerprint density at radius 2 is 2.12 bits per heavy atom. The molecule has 1 aromatic carbocycles. The molecule has 1 aromatic heterocycles. The van der Waals surface area contributed by atoms with Crippen molar-refractivity contribution in [1.82, 2.24) is 4.98 Å². The van der Waals surface area contributed by atoms with Gasteiger partial charge in [-0.25, -0.2) is 9.78 Å². The molecule has 0 aliphatic carbocycles. The number of nitrogens with one attached hydrogen (secondary N) is 1. The molecule has 0 radical (unpaired) electrons. The number of aryl methyl sites for hydroxylation is 1. The van der Waals surface area contributed by atoms with Crippen LogP contribution in [0.3, 0.4) is 0 Å². The van der Waals surface area contributed by atoms with Gasteiger partial charge in [-0.05, 0) is 12.5 Å². The molecule has 2 N–H and O–H groups in total. The lowest BCUT2D eigenvalue weighted by atomic mass is 10.1. The van der Waals surface area contributed by atoms with Gasteiger partial charge in [0.05, 0.1) is 6.20 Å². The first-order valence-electron chi connectivity index (χ1n) is 5.13. The second-order valence-corrected chi connectivity index (χ2v) is 4.70. The van der Waals surface area contributed by atoms with Gasteiger partial charge in [-0.1, -0.05) is 41.2 Å². The molecule has 0 fully saturated rings. The predicted octanol–water partition coefficient (Wildman–Crippen LogP) is 2.76. The quantitative estimate of drug-likeness (QED) is 0.873. The first-order chi connectivity index (χ1) is 8.15. The Morgan fingerprint density at radius 1 is 1.41 bits per heavy atom. The lowest BCUT2D eigenvalue weighted by molar-refractivity contribution is 0.0702. The van der Waals surface area contributed by atoms with Crippen LogP contribution in [0.15, 0.2) is 30.5 Å². The molecule has 88 valence electrons. The number of hydrogen-bond acceptors (Lipinski definition) is 4. The summed E-state index contributed by atoms with van der Waals surface area (Å²) in [4.78, 5) is 14.9. The largest absolute Gasteiger partial charge is 0.477 e. The monoisotopic (exact) mass is 248 g/mol. The number of carbonyl (C=O) groups is 1. The molecule has 17 heavy (non-hydrogen) atoms. The Hall–Kier alpha value is -1.88. The number of benzene rings is 1. The van der Waals surface area contributed by atoms with Crippen molar-refractivity contribution in [1.29, 1.82) is 0 Å². The second-order valence-electron chi connectivity index (χ2n) is 3.67. The van der Waals surface area contributed by atoms with Gasteiger partial charge in [-0.2, -0.15) is 0 Å². The van der Waals surface area contributed by atoms with Crippen LogP contribution in [-0.4, -0.2) is 16.1 Å².